The number of hydrogen-bond donors (Lipinski definition) is 0. The molecule has 1 aromatic rings. The van der Waals surface area contributed by atoms with E-state index in [9.17, 15) is 13.2 Å². The maximum atomic E-state index is 11.1. The van der Waals surface area contributed by atoms with Gasteiger partial charge in [0.05, 0.1) is 16.5 Å². The minimum Gasteiger partial charge on any atom is -0.298 e. The van der Waals surface area contributed by atoms with Crippen LogP contribution in [0.2, 0.25) is 0 Å². The molecule has 0 fully saturated rings. The fourth-order valence-electron chi connectivity index (χ4n) is 0.950. The van der Waals surface area contributed by atoms with Crippen LogP contribution in [0.3, 0.4) is 0 Å². The summed E-state index contributed by atoms with van der Waals surface area (Å²) in [7, 11) is 1.20. The van der Waals surface area contributed by atoms with Crippen LogP contribution in [0.1, 0.15) is 15.9 Å². The van der Waals surface area contributed by atoms with Crippen LogP contribution in [0.5, 0.6) is 0 Å². The van der Waals surface area contributed by atoms with E-state index >= 15 is 0 Å². The molecule has 0 amide bonds. The number of aldehydes is 1. The molecule has 0 radical (unpaired) electrons. The van der Waals surface area contributed by atoms with Gasteiger partial charge in [-0.3, -0.25) is 4.79 Å². The van der Waals surface area contributed by atoms with Crippen LogP contribution in [0.4, 0.5) is 0 Å². The molecule has 0 bridgehead atoms. The molecule has 0 aliphatic rings. The first-order valence-electron chi connectivity index (χ1n) is 3.53. The van der Waals surface area contributed by atoms with Gasteiger partial charge in [-0.15, -0.1) is 0 Å². The number of nitrogens with zero attached hydrogens (tertiary/aromatic N) is 1. The van der Waals surface area contributed by atoms with Gasteiger partial charge in [0.15, 0.2) is 6.29 Å². The van der Waals surface area contributed by atoms with Crippen molar-refractivity contribution in [3.8, 4) is 6.07 Å². The second kappa shape index (κ2) is 4.31. The second-order valence-corrected chi connectivity index (χ2v) is 5.93. The normalized spacial score (nSPS) is 10.7. The predicted octanol–water partition coefficient (Wildman–Crippen LogP) is 2.06. The SMILES string of the molecule is N#Cc1cc(S(=O)(=O)Cl)c(Br)cc1C=O. The largest absolute Gasteiger partial charge is 0.298 e. The van der Waals surface area contributed by atoms with Gasteiger partial charge >= 0.3 is 0 Å². The van der Waals surface area contributed by atoms with Crippen molar-refractivity contribution in [1.29, 1.82) is 5.26 Å². The Hall–Kier alpha value is -0.900. The summed E-state index contributed by atoms with van der Waals surface area (Å²) < 4.78 is 22.3. The highest BCUT2D eigenvalue weighted by Crippen LogP contribution is 2.27. The van der Waals surface area contributed by atoms with Crippen molar-refractivity contribution in [3.05, 3.63) is 27.7 Å². The molecule has 78 valence electrons. The maximum Gasteiger partial charge on any atom is 0.262 e. The summed E-state index contributed by atoms with van der Waals surface area (Å²) in [5, 5.41) is 8.67. The van der Waals surface area contributed by atoms with Crippen LogP contribution in [0.25, 0.3) is 0 Å². The fourth-order valence-corrected chi connectivity index (χ4v) is 3.16. The second-order valence-electron chi connectivity index (χ2n) is 2.54. The Kier molecular flexibility index (Phi) is 3.50. The Morgan fingerprint density at radius 2 is 2.07 bits per heavy atom. The molecule has 0 atom stereocenters. The minimum absolute atomic E-state index is 0.0348. The Bertz CT molecular complexity index is 562. The van der Waals surface area contributed by atoms with Crippen molar-refractivity contribution in [2.45, 2.75) is 4.90 Å². The molecule has 4 nitrogen and oxygen atoms in total. The van der Waals surface area contributed by atoms with E-state index in [0.717, 1.165) is 6.07 Å². The van der Waals surface area contributed by atoms with E-state index in [-0.39, 0.29) is 20.5 Å². The highest BCUT2D eigenvalue weighted by atomic mass is 79.9. The lowest BCUT2D eigenvalue weighted by molar-refractivity contribution is 0.112. The Morgan fingerprint density at radius 1 is 1.47 bits per heavy atom. The number of hydrogen-bond acceptors (Lipinski definition) is 4. The first-order valence-corrected chi connectivity index (χ1v) is 6.64. The highest BCUT2D eigenvalue weighted by molar-refractivity contribution is 9.10. The molecule has 0 aliphatic carbocycles. The summed E-state index contributed by atoms with van der Waals surface area (Å²) in [6.07, 6.45) is 0.466. The van der Waals surface area contributed by atoms with Gasteiger partial charge in [-0.1, -0.05) is 0 Å². The van der Waals surface area contributed by atoms with Crippen molar-refractivity contribution < 1.29 is 13.2 Å². The van der Waals surface area contributed by atoms with Gasteiger partial charge in [-0.05, 0) is 28.1 Å². The predicted molar refractivity (Wildman–Crippen MR) is 57.3 cm³/mol. The molecule has 1 aromatic carbocycles. The number of nitriles is 1. The number of halogens is 2. The molecular formula is C8H3BrClNO3S. The Morgan fingerprint density at radius 3 is 2.47 bits per heavy atom. The average molecular weight is 309 g/mol. The van der Waals surface area contributed by atoms with Gasteiger partial charge in [0.25, 0.3) is 9.05 Å². The van der Waals surface area contributed by atoms with Crippen molar-refractivity contribution >= 4 is 41.9 Å². The average Bonchev–Trinajstić information content (AvgIpc) is 2.15. The topological polar surface area (TPSA) is 75.0 Å². The van der Waals surface area contributed by atoms with Crippen molar-refractivity contribution in [2.24, 2.45) is 0 Å². The van der Waals surface area contributed by atoms with E-state index in [0.29, 0.717) is 6.29 Å². The third kappa shape index (κ3) is 2.56. The molecule has 7 heteroatoms. The number of benzene rings is 1. The third-order valence-corrected chi connectivity index (χ3v) is 3.89. The number of rotatable bonds is 2. The van der Waals surface area contributed by atoms with Crippen LogP contribution in [0.15, 0.2) is 21.5 Å². The molecule has 1 rings (SSSR count). The van der Waals surface area contributed by atoms with E-state index < -0.39 is 9.05 Å². The van der Waals surface area contributed by atoms with Crippen molar-refractivity contribution in [1.82, 2.24) is 0 Å². The summed E-state index contributed by atoms with van der Waals surface area (Å²) in [5.74, 6) is 0. The maximum absolute atomic E-state index is 11.1. The summed E-state index contributed by atoms with van der Waals surface area (Å²) in [5.41, 5.74) is 0.0702. The van der Waals surface area contributed by atoms with Gasteiger partial charge in [0, 0.05) is 20.7 Å². The number of carbonyl (C=O) groups is 1. The molecule has 0 unspecified atom stereocenters. The fraction of sp³-hybridized carbons (Fsp3) is 0. The van der Waals surface area contributed by atoms with E-state index in [1.54, 1.807) is 6.07 Å². The molecule has 0 saturated heterocycles. The van der Waals surface area contributed by atoms with Gasteiger partial charge < -0.3 is 0 Å². The lowest BCUT2D eigenvalue weighted by atomic mass is 10.1. The molecule has 15 heavy (non-hydrogen) atoms. The zero-order chi connectivity index (χ0) is 11.6. The summed E-state index contributed by atoms with van der Waals surface area (Å²) in [4.78, 5) is 10.3. The summed E-state index contributed by atoms with van der Waals surface area (Å²) in [6.45, 7) is 0. The van der Waals surface area contributed by atoms with Crippen LogP contribution < -0.4 is 0 Å². The zero-order valence-corrected chi connectivity index (χ0v) is 10.2. The summed E-state index contributed by atoms with van der Waals surface area (Å²) >= 11 is 2.96. The van der Waals surface area contributed by atoms with Crippen molar-refractivity contribution in [3.63, 3.8) is 0 Å². The van der Waals surface area contributed by atoms with Crippen LogP contribution in [-0.4, -0.2) is 14.7 Å². The summed E-state index contributed by atoms with van der Waals surface area (Å²) in [6, 6.07) is 4.00. The number of carbonyl (C=O) groups excluding carboxylic acids is 1. The molecule has 0 spiro atoms. The molecule has 0 aromatic heterocycles. The monoisotopic (exact) mass is 307 g/mol. The highest BCUT2D eigenvalue weighted by Gasteiger charge is 2.17. The van der Waals surface area contributed by atoms with Crippen LogP contribution in [0, 0.1) is 11.3 Å². The zero-order valence-electron chi connectivity index (χ0n) is 7.07. The molecule has 0 saturated carbocycles. The third-order valence-electron chi connectivity index (χ3n) is 1.61. The lowest BCUT2D eigenvalue weighted by Crippen LogP contribution is -1.97. The quantitative estimate of drug-likeness (QED) is 0.619. The molecule has 0 heterocycles. The first kappa shape index (κ1) is 12.2. The minimum atomic E-state index is -3.93. The molecule has 0 N–H and O–H groups in total. The van der Waals surface area contributed by atoms with E-state index in [4.69, 9.17) is 15.9 Å². The standard InChI is InChI=1S/C8H3BrClNO3S/c9-7-1-6(4-12)5(3-11)2-8(7)15(10,13)14/h1-2,4H. The molecular weight excluding hydrogens is 306 g/mol. The smallest absolute Gasteiger partial charge is 0.262 e. The van der Waals surface area contributed by atoms with Crippen molar-refractivity contribution in [2.75, 3.05) is 0 Å². The van der Waals surface area contributed by atoms with E-state index in [1.807, 2.05) is 0 Å². The molecule has 0 aliphatic heterocycles. The van der Waals surface area contributed by atoms with E-state index in [2.05, 4.69) is 15.9 Å². The Labute approximate surface area is 99.0 Å². The van der Waals surface area contributed by atoms with Gasteiger partial charge in [0.1, 0.15) is 0 Å². The lowest BCUT2D eigenvalue weighted by Gasteiger charge is -2.02. The first-order chi connectivity index (χ1) is 6.90. The van der Waals surface area contributed by atoms with Crippen LogP contribution in [-0.2, 0) is 9.05 Å². The van der Waals surface area contributed by atoms with E-state index in [1.165, 1.54) is 6.07 Å². The Balaban J connectivity index is 3.62. The van der Waals surface area contributed by atoms with Crippen LogP contribution >= 0.6 is 26.6 Å². The van der Waals surface area contributed by atoms with Gasteiger partial charge in [-0.25, -0.2) is 8.42 Å². The van der Waals surface area contributed by atoms with Gasteiger partial charge in [-0.2, -0.15) is 5.26 Å². The van der Waals surface area contributed by atoms with Gasteiger partial charge in [0.2, 0.25) is 0 Å².